The minimum Gasteiger partial charge on any atom is -0.381 e. The molecule has 0 aromatic heterocycles. The van der Waals surface area contributed by atoms with Gasteiger partial charge in [0.15, 0.2) is 9.84 Å². The van der Waals surface area contributed by atoms with Crippen molar-refractivity contribution in [3.05, 3.63) is 0 Å². The number of alkyl halides is 1. The van der Waals surface area contributed by atoms with Gasteiger partial charge in [0.05, 0.1) is 5.75 Å². The van der Waals surface area contributed by atoms with Gasteiger partial charge < -0.3 is 10.1 Å². The van der Waals surface area contributed by atoms with Crippen LogP contribution in [0, 0.1) is 0 Å². The third kappa shape index (κ3) is 5.12. The predicted octanol–water partition coefficient (Wildman–Crippen LogP) is 1.19. The van der Waals surface area contributed by atoms with Crippen molar-refractivity contribution in [3.8, 4) is 0 Å². The van der Waals surface area contributed by atoms with E-state index in [4.69, 9.17) is 16.3 Å². The molecule has 0 aromatic carbocycles. The molecule has 0 unspecified atom stereocenters. The topological polar surface area (TPSA) is 55.4 Å². The second-order valence-corrected chi connectivity index (χ2v) is 7.18. The van der Waals surface area contributed by atoms with E-state index < -0.39 is 9.84 Å². The van der Waals surface area contributed by atoms with Crippen molar-refractivity contribution in [2.24, 2.45) is 0 Å². The number of hydrogen-bond donors (Lipinski definition) is 1. The molecule has 0 amide bonds. The Hall–Kier alpha value is 0.160. The van der Waals surface area contributed by atoms with Gasteiger partial charge in [-0.3, -0.25) is 0 Å². The van der Waals surface area contributed by atoms with Gasteiger partial charge in [0.2, 0.25) is 0 Å². The Morgan fingerprint density at radius 2 is 1.94 bits per heavy atom. The minimum atomic E-state index is -2.90. The first-order chi connectivity index (χ1) is 8.04. The molecule has 17 heavy (non-hydrogen) atoms. The van der Waals surface area contributed by atoms with E-state index in [2.05, 4.69) is 5.32 Å². The third-order valence-corrected chi connectivity index (χ3v) is 5.50. The fraction of sp³-hybridized carbons (Fsp3) is 1.00. The summed E-state index contributed by atoms with van der Waals surface area (Å²) in [6.07, 6.45) is 2.38. The normalized spacial score (nSPS) is 20.4. The molecule has 0 radical (unpaired) electrons. The Morgan fingerprint density at radius 1 is 1.29 bits per heavy atom. The van der Waals surface area contributed by atoms with Gasteiger partial charge in [0.25, 0.3) is 0 Å². The largest absolute Gasteiger partial charge is 0.381 e. The highest BCUT2D eigenvalue weighted by Crippen LogP contribution is 2.21. The zero-order valence-corrected chi connectivity index (χ0v) is 11.9. The van der Waals surface area contributed by atoms with Crippen LogP contribution >= 0.6 is 11.6 Å². The molecular formula is C11H22ClNO3S. The maximum absolute atomic E-state index is 11.6. The Labute approximate surface area is 109 Å². The fourth-order valence-corrected chi connectivity index (χ4v) is 3.61. The molecule has 102 valence electrons. The molecule has 4 nitrogen and oxygen atoms in total. The lowest BCUT2D eigenvalue weighted by molar-refractivity contribution is 0.0474. The van der Waals surface area contributed by atoms with Crippen LogP contribution in [-0.2, 0) is 14.6 Å². The monoisotopic (exact) mass is 283 g/mol. The molecule has 0 saturated carbocycles. The average molecular weight is 284 g/mol. The molecule has 6 heteroatoms. The summed E-state index contributed by atoms with van der Waals surface area (Å²) in [7, 11) is -2.90. The summed E-state index contributed by atoms with van der Waals surface area (Å²) < 4.78 is 28.4. The quantitative estimate of drug-likeness (QED) is 0.713. The lowest BCUT2D eigenvalue weighted by atomic mass is 9.92. The maximum atomic E-state index is 11.6. The summed E-state index contributed by atoms with van der Waals surface area (Å²) in [5.74, 6) is 0.968. The number of hydrogen-bond acceptors (Lipinski definition) is 4. The molecule has 0 atom stereocenters. The van der Waals surface area contributed by atoms with Gasteiger partial charge in [0, 0.05) is 36.9 Å². The van der Waals surface area contributed by atoms with Crippen LogP contribution in [0.15, 0.2) is 0 Å². The number of ether oxygens (including phenoxy) is 1. The van der Waals surface area contributed by atoms with Crippen LogP contribution in [-0.4, -0.2) is 51.1 Å². The number of nitrogens with one attached hydrogen (secondary N) is 1. The van der Waals surface area contributed by atoms with Crippen molar-refractivity contribution in [2.75, 3.05) is 37.1 Å². The van der Waals surface area contributed by atoms with Crippen molar-refractivity contribution < 1.29 is 13.2 Å². The van der Waals surface area contributed by atoms with Crippen molar-refractivity contribution in [1.29, 1.82) is 0 Å². The van der Waals surface area contributed by atoms with Crippen molar-refractivity contribution in [2.45, 2.75) is 31.7 Å². The van der Waals surface area contributed by atoms with E-state index >= 15 is 0 Å². The summed E-state index contributed by atoms with van der Waals surface area (Å²) in [5.41, 5.74) is -0.137. The van der Waals surface area contributed by atoms with Gasteiger partial charge in [-0.25, -0.2) is 8.42 Å². The minimum absolute atomic E-state index is 0.137. The van der Waals surface area contributed by atoms with Crippen LogP contribution in [0.3, 0.4) is 0 Å². The molecule has 1 N–H and O–H groups in total. The molecule has 1 heterocycles. The number of rotatable bonds is 7. The van der Waals surface area contributed by atoms with E-state index in [9.17, 15) is 8.42 Å². The van der Waals surface area contributed by atoms with Crippen LogP contribution in [0.5, 0.6) is 0 Å². The van der Waals surface area contributed by atoms with Crippen LogP contribution < -0.4 is 5.32 Å². The second-order valence-electron chi connectivity index (χ2n) is 4.60. The molecule has 1 rings (SSSR count). The van der Waals surface area contributed by atoms with E-state index in [1.807, 2.05) is 6.92 Å². The van der Waals surface area contributed by atoms with E-state index in [1.54, 1.807) is 0 Å². The molecule has 0 spiro atoms. The summed E-state index contributed by atoms with van der Waals surface area (Å²) in [4.78, 5) is 0. The maximum Gasteiger partial charge on any atom is 0.151 e. The van der Waals surface area contributed by atoms with E-state index in [1.165, 1.54) is 0 Å². The highest BCUT2D eigenvalue weighted by molar-refractivity contribution is 7.91. The van der Waals surface area contributed by atoms with Gasteiger partial charge in [-0.15, -0.1) is 11.6 Å². The Bertz CT molecular complexity index is 313. The molecule has 1 saturated heterocycles. The Morgan fingerprint density at radius 3 is 2.47 bits per heavy atom. The zero-order chi connectivity index (χ0) is 12.8. The average Bonchev–Trinajstić information content (AvgIpc) is 2.30. The Kier molecular flexibility index (Phi) is 6.20. The highest BCUT2D eigenvalue weighted by Gasteiger charge is 2.31. The molecule has 0 aromatic rings. The Balaban J connectivity index is 2.38. The van der Waals surface area contributed by atoms with E-state index in [0.29, 0.717) is 32.1 Å². The fourth-order valence-electron chi connectivity index (χ4n) is 2.00. The second kappa shape index (κ2) is 6.92. The van der Waals surface area contributed by atoms with Crippen molar-refractivity contribution >= 4 is 21.4 Å². The molecule has 1 aliphatic rings. The lowest BCUT2D eigenvalue weighted by Crippen LogP contribution is -2.52. The molecule has 1 fully saturated rings. The van der Waals surface area contributed by atoms with Gasteiger partial charge in [-0.05, 0) is 19.3 Å². The van der Waals surface area contributed by atoms with Gasteiger partial charge in [-0.2, -0.15) is 0 Å². The van der Waals surface area contributed by atoms with Crippen LogP contribution in [0.25, 0.3) is 0 Å². The van der Waals surface area contributed by atoms with Crippen molar-refractivity contribution in [1.82, 2.24) is 5.32 Å². The summed E-state index contributed by atoms with van der Waals surface area (Å²) >= 11 is 5.98. The molecule has 0 aliphatic carbocycles. The van der Waals surface area contributed by atoms with Crippen molar-refractivity contribution in [3.63, 3.8) is 0 Å². The predicted molar refractivity (Wildman–Crippen MR) is 70.5 cm³/mol. The third-order valence-electron chi connectivity index (χ3n) is 3.13. The number of sulfone groups is 1. The van der Waals surface area contributed by atoms with E-state index in [-0.39, 0.29) is 17.0 Å². The first-order valence-electron chi connectivity index (χ1n) is 6.13. The molecule has 1 aliphatic heterocycles. The summed E-state index contributed by atoms with van der Waals surface area (Å²) in [6, 6.07) is 0. The first kappa shape index (κ1) is 15.2. The zero-order valence-electron chi connectivity index (χ0n) is 10.4. The van der Waals surface area contributed by atoms with Gasteiger partial charge in [-0.1, -0.05) is 6.92 Å². The van der Waals surface area contributed by atoms with Gasteiger partial charge >= 0.3 is 0 Å². The van der Waals surface area contributed by atoms with E-state index in [0.717, 1.165) is 12.8 Å². The SMILES string of the molecule is CCCS(=O)(=O)CCNC1(CCl)CCOCC1. The summed E-state index contributed by atoms with van der Waals surface area (Å²) in [6.45, 7) is 3.75. The number of halogens is 1. The van der Waals surface area contributed by atoms with Crippen LogP contribution in [0.2, 0.25) is 0 Å². The molecule has 0 bridgehead atoms. The lowest BCUT2D eigenvalue weighted by Gasteiger charge is -2.36. The summed E-state index contributed by atoms with van der Waals surface area (Å²) in [5, 5.41) is 3.31. The van der Waals surface area contributed by atoms with Crippen LogP contribution in [0.4, 0.5) is 0 Å². The van der Waals surface area contributed by atoms with Gasteiger partial charge in [0.1, 0.15) is 0 Å². The smallest absolute Gasteiger partial charge is 0.151 e. The first-order valence-corrected chi connectivity index (χ1v) is 8.48. The highest BCUT2D eigenvalue weighted by atomic mass is 35.5. The molecular weight excluding hydrogens is 262 g/mol. The van der Waals surface area contributed by atoms with Crippen LogP contribution in [0.1, 0.15) is 26.2 Å². The standard InChI is InChI=1S/C11H22ClNO3S/c1-2-8-17(14,15)9-5-13-11(10-12)3-6-16-7-4-11/h13H,2-10H2,1H3.